The molecule has 2 N–H and O–H groups in total. The first-order chi connectivity index (χ1) is 12.4. The lowest BCUT2D eigenvalue weighted by Crippen LogP contribution is -2.24. The predicted octanol–water partition coefficient (Wildman–Crippen LogP) is 2.91. The molecule has 8 nitrogen and oxygen atoms in total. The Balaban J connectivity index is 1.80. The molecule has 0 unspecified atom stereocenters. The van der Waals surface area contributed by atoms with Crippen molar-refractivity contribution in [3.05, 3.63) is 55.8 Å². The van der Waals surface area contributed by atoms with E-state index in [-0.39, 0.29) is 34.5 Å². The van der Waals surface area contributed by atoms with Crippen molar-refractivity contribution < 1.29 is 24.4 Å². The van der Waals surface area contributed by atoms with Gasteiger partial charge in [-0.3, -0.25) is 14.9 Å². The minimum atomic E-state index is -0.989. The second-order valence-corrected chi connectivity index (χ2v) is 7.26. The van der Waals surface area contributed by atoms with Crippen LogP contribution in [0.3, 0.4) is 0 Å². The van der Waals surface area contributed by atoms with Crippen molar-refractivity contribution >= 4 is 40.7 Å². The second-order valence-electron chi connectivity index (χ2n) is 5.10. The van der Waals surface area contributed by atoms with E-state index >= 15 is 0 Å². The Kier molecular flexibility index (Phi) is 6.98. The molecule has 0 saturated heterocycles. The van der Waals surface area contributed by atoms with E-state index in [1.165, 1.54) is 37.1 Å². The smallest absolute Gasteiger partial charge is 0.345 e. The van der Waals surface area contributed by atoms with Gasteiger partial charge in [-0.15, -0.1) is 23.1 Å². The van der Waals surface area contributed by atoms with Crippen LogP contribution in [0.2, 0.25) is 0 Å². The van der Waals surface area contributed by atoms with Crippen molar-refractivity contribution in [2.75, 3.05) is 12.9 Å². The van der Waals surface area contributed by atoms with Gasteiger partial charge in [-0.05, 0) is 23.8 Å². The first kappa shape index (κ1) is 19.7. The molecular weight excluding hydrogens is 380 g/mol. The van der Waals surface area contributed by atoms with Crippen molar-refractivity contribution in [3.63, 3.8) is 0 Å². The molecule has 0 radical (unpaired) electrons. The Morgan fingerprint density at radius 1 is 1.35 bits per heavy atom. The fourth-order valence-electron chi connectivity index (χ4n) is 2.05. The van der Waals surface area contributed by atoms with E-state index in [1.54, 1.807) is 12.1 Å². The number of benzene rings is 1. The van der Waals surface area contributed by atoms with Gasteiger partial charge in [0.1, 0.15) is 4.88 Å². The fraction of sp³-hybridized carbons (Fsp3) is 0.250. The number of amides is 1. The lowest BCUT2D eigenvalue weighted by molar-refractivity contribution is -0.385. The summed E-state index contributed by atoms with van der Waals surface area (Å²) in [5, 5.41) is 22.6. The van der Waals surface area contributed by atoms with Crippen molar-refractivity contribution in [3.8, 4) is 5.75 Å². The van der Waals surface area contributed by atoms with Crippen molar-refractivity contribution in [1.82, 2.24) is 5.32 Å². The van der Waals surface area contributed by atoms with E-state index in [2.05, 4.69) is 5.32 Å². The van der Waals surface area contributed by atoms with Crippen LogP contribution in [0.5, 0.6) is 5.75 Å². The van der Waals surface area contributed by atoms with E-state index in [0.29, 0.717) is 5.75 Å². The summed E-state index contributed by atoms with van der Waals surface area (Å²) < 4.78 is 4.95. The predicted molar refractivity (Wildman–Crippen MR) is 98.9 cm³/mol. The van der Waals surface area contributed by atoms with Crippen LogP contribution in [0.4, 0.5) is 5.69 Å². The highest BCUT2D eigenvalue weighted by Gasteiger charge is 2.15. The van der Waals surface area contributed by atoms with E-state index in [0.717, 1.165) is 21.8 Å². The molecule has 0 aliphatic rings. The third-order valence-corrected chi connectivity index (χ3v) is 5.35. The molecule has 0 atom stereocenters. The number of carbonyl (C=O) groups is 2. The summed E-state index contributed by atoms with van der Waals surface area (Å²) in [7, 11) is 1.37. The fourth-order valence-corrected chi connectivity index (χ4v) is 3.65. The molecule has 0 spiro atoms. The zero-order chi connectivity index (χ0) is 19.1. The Morgan fingerprint density at radius 2 is 2.12 bits per heavy atom. The minimum absolute atomic E-state index is 0.109. The summed E-state index contributed by atoms with van der Waals surface area (Å²) in [4.78, 5) is 34.1. The minimum Gasteiger partial charge on any atom is -0.490 e. The highest BCUT2D eigenvalue weighted by molar-refractivity contribution is 7.99. The number of carbonyl (C=O) groups excluding carboxylic acids is 1. The van der Waals surface area contributed by atoms with Gasteiger partial charge in [0.2, 0.25) is 5.91 Å². The van der Waals surface area contributed by atoms with Crippen LogP contribution in [-0.2, 0) is 17.1 Å². The Morgan fingerprint density at radius 3 is 2.73 bits per heavy atom. The largest absolute Gasteiger partial charge is 0.490 e. The Labute approximate surface area is 157 Å². The average molecular weight is 396 g/mol. The number of hydrogen-bond acceptors (Lipinski definition) is 7. The molecule has 138 valence electrons. The second kappa shape index (κ2) is 9.20. The Bertz CT molecular complexity index is 821. The number of thiophene rings is 1. The molecule has 1 heterocycles. The molecule has 26 heavy (non-hydrogen) atoms. The van der Waals surface area contributed by atoms with Gasteiger partial charge < -0.3 is 15.2 Å². The van der Waals surface area contributed by atoms with Crippen LogP contribution in [-0.4, -0.2) is 34.8 Å². The van der Waals surface area contributed by atoms with Crippen LogP contribution in [0.1, 0.15) is 20.1 Å². The highest BCUT2D eigenvalue weighted by atomic mass is 32.2. The average Bonchev–Trinajstić information content (AvgIpc) is 3.09. The molecule has 0 bridgehead atoms. The van der Waals surface area contributed by atoms with Crippen LogP contribution < -0.4 is 10.1 Å². The molecule has 0 aliphatic carbocycles. The van der Waals surface area contributed by atoms with Crippen LogP contribution >= 0.6 is 23.1 Å². The number of hydrogen-bond donors (Lipinski definition) is 2. The number of aromatic carboxylic acids is 1. The van der Waals surface area contributed by atoms with Gasteiger partial charge in [0.05, 0.1) is 24.3 Å². The molecule has 0 saturated carbocycles. The van der Waals surface area contributed by atoms with Crippen molar-refractivity contribution in [1.29, 1.82) is 0 Å². The van der Waals surface area contributed by atoms with Gasteiger partial charge >= 0.3 is 11.7 Å². The number of thioether (sulfide) groups is 1. The molecule has 10 heteroatoms. The number of nitro groups is 1. The summed E-state index contributed by atoms with van der Waals surface area (Å²) >= 11 is 2.44. The molecule has 1 aromatic heterocycles. The number of nitrogens with one attached hydrogen (secondary N) is 1. The van der Waals surface area contributed by atoms with Gasteiger partial charge in [0.15, 0.2) is 5.75 Å². The van der Waals surface area contributed by atoms with Crippen LogP contribution in [0.25, 0.3) is 0 Å². The monoisotopic (exact) mass is 396 g/mol. The topological polar surface area (TPSA) is 119 Å². The van der Waals surface area contributed by atoms with Crippen molar-refractivity contribution in [2.45, 2.75) is 12.3 Å². The third kappa shape index (κ3) is 5.46. The number of rotatable bonds is 9. The quantitative estimate of drug-likeness (QED) is 0.494. The van der Waals surface area contributed by atoms with E-state index in [9.17, 15) is 19.7 Å². The summed E-state index contributed by atoms with van der Waals surface area (Å²) in [6, 6.07) is 7.85. The molecule has 1 amide bonds. The number of carboxylic acid groups (broad SMARTS) is 1. The summed E-state index contributed by atoms with van der Waals surface area (Å²) in [6.07, 6.45) is 0. The lowest BCUT2D eigenvalue weighted by Gasteiger charge is -2.06. The van der Waals surface area contributed by atoms with Crippen LogP contribution in [0.15, 0.2) is 30.3 Å². The van der Waals surface area contributed by atoms with E-state index in [4.69, 9.17) is 9.84 Å². The SMILES string of the molecule is COc1ccc(CSCC(=O)NCc2ccc(C(=O)O)s2)cc1[N+](=O)[O-]. The summed E-state index contributed by atoms with van der Waals surface area (Å²) in [6.45, 7) is 0.269. The van der Waals surface area contributed by atoms with Gasteiger partial charge in [-0.25, -0.2) is 4.79 Å². The van der Waals surface area contributed by atoms with Crippen LogP contribution in [0, 0.1) is 10.1 Å². The number of ether oxygens (including phenoxy) is 1. The molecular formula is C16H16N2O6S2. The van der Waals surface area contributed by atoms with E-state index in [1.807, 2.05) is 0 Å². The molecule has 0 aliphatic heterocycles. The van der Waals surface area contributed by atoms with Gasteiger partial charge in [-0.1, -0.05) is 6.07 Å². The Hall–Kier alpha value is -2.59. The third-order valence-electron chi connectivity index (χ3n) is 3.27. The summed E-state index contributed by atoms with van der Waals surface area (Å²) in [5.74, 6) is -0.351. The summed E-state index contributed by atoms with van der Waals surface area (Å²) in [5.41, 5.74) is 0.613. The maximum absolute atomic E-state index is 11.9. The zero-order valence-corrected chi connectivity index (χ0v) is 15.4. The normalized spacial score (nSPS) is 10.3. The first-order valence-electron chi connectivity index (χ1n) is 7.38. The van der Waals surface area contributed by atoms with Gasteiger partial charge in [0.25, 0.3) is 0 Å². The molecule has 0 fully saturated rings. The number of nitrogens with zero attached hydrogens (tertiary/aromatic N) is 1. The number of nitro benzene ring substituents is 1. The molecule has 1 aromatic carbocycles. The number of methoxy groups -OCH3 is 1. The zero-order valence-electron chi connectivity index (χ0n) is 13.8. The van der Waals surface area contributed by atoms with Gasteiger partial charge in [-0.2, -0.15) is 0 Å². The maximum atomic E-state index is 11.9. The standard InChI is InChI=1S/C16H16N2O6S2/c1-24-13-4-2-10(6-12(13)18(22)23)8-25-9-15(19)17-7-11-3-5-14(26-11)16(20)21/h2-6H,7-9H2,1H3,(H,17,19)(H,20,21). The first-order valence-corrected chi connectivity index (χ1v) is 9.35. The lowest BCUT2D eigenvalue weighted by atomic mass is 10.2. The molecule has 2 rings (SSSR count). The molecule has 2 aromatic rings. The number of carboxylic acids is 1. The maximum Gasteiger partial charge on any atom is 0.345 e. The van der Waals surface area contributed by atoms with Gasteiger partial charge in [0, 0.05) is 16.7 Å². The van der Waals surface area contributed by atoms with E-state index < -0.39 is 10.9 Å². The highest BCUT2D eigenvalue weighted by Crippen LogP contribution is 2.29. The van der Waals surface area contributed by atoms with Crippen molar-refractivity contribution in [2.24, 2.45) is 0 Å².